The van der Waals surface area contributed by atoms with Gasteiger partial charge in [-0.25, -0.2) is 0 Å². The van der Waals surface area contributed by atoms with Crippen LogP contribution in [0.2, 0.25) is 0 Å². The molecule has 0 amide bonds. The van der Waals surface area contributed by atoms with E-state index in [-0.39, 0.29) is 4.75 Å². The van der Waals surface area contributed by atoms with Crippen LogP contribution in [0.4, 0.5) is 5.69 Å². The van der Waals surface area contributed by atoms with Crippen LogP contribution < -0.4 is 4.90 Å². The van der Waals surface area contributed by atoms with Crippen molar-refractivity contribution < 1.29 is 0 Å². The van der Waals surface area contributed by atoms with Gasteiger partial charge in [0.15, 0.2) is 0 Å². The highest BCUT2D eigenvalue weighted by Crippen LogP contribution is 2.44. The van der Waals surface area contributed by atoms with Crippen molar-refractivity contribution in [3.05, 3.63) is 14.6 Å². The first-order chi connectivity index (χ1) is 9.26. The summed E-state index contributed by atoms with van der Waals surface area (Å²) in [4.78, 5) is 4.63. The molecule has 0 aliphatic rings. The molecular formula is C15H26N2S3. The minimum absolute atomic E-state index is 0.0400. The zero-order valence-corrected chi connectivity index (χ0v) is 15.9. The molecule has 0 aromatic heterocycles. The summed E-state index contributed by atoms with van der Waals surface area (Å²) >= 11 is 12.8. The molecule has 0 aliphatic carbocycles. The molecule has 1 aromatic carbocycles. The Labute approximate surface area is 138 Å². The van der Waals surface area contributed by atoms with Crippen LogP contribution in [0.25, 0.3) is 0 Å². The van der Waals surface area contributed by atoms with Gasteiger partial charge >= 0.3 is 0 Å². The standard InChI is InChI=1S/C15H26N2S3/c1-7-8-16(4)9-10-17(5)12-11(13(18)14(12)19)15(2,3)20-6/h7-10H2,1-6H3. The second kappa shape index (κ2) is 7.34. The van der Waals surface area contributed by atoms with Crippen molar-refractivity contribution in [2.75, 3.05) is 44.9 Å². The molecule has 0 unspecified atom stereocenters. The minimum Gasteiger partial charge on any atom is -0.372 e. The summed E-state index contributed by atoms with van der Waals surface area (Å²) in [6.07, 6.45) is 3.32. The summed E-state index contributed by atoms with van der Waals surface area (Å²) < 4.78 is 1.80. The Morgan fingerprint density at radius 1 is 1.05 bits per heavy atom. The highest BCUT2D eigenvalue weighted by molar-refractivity contribution is 7.99. The Bertz CT molecular complexity index is 515. The van der Waals surface area contributed by atoms with E-state index in [4.69, 9.17) is 24.4 Å². The first-order valence-electron chi connectivity index (χ1n) is 7.04. The summed E-state index contributed by atoms with van der Waals surface area (Å²) in [5, 5.41) is 0. The highest BCUT2D eigenvalue weighted by atomic mass is 32.2. The van der Waals surface area contributed by atoms with E-state index in [9.17, 15) is 0 Å². The highest BCUT2D eigenvalue weighted by Gasteiger charge is 2.30. The lowest BCUT2D eigenvalue weighted by atomic mass is 9.95. The van der Waals surface area contributed by atoms with Gasteiger partial charge in [0.25, 0.3) is 0 Å². The molecular weight excluding hydrogens is 304 g/mol. The fraction of sp³-hybridized carbons (Fsp3) is 0.733. The molecule has 114 valence electrons. The summed E-state index contributed by atoms with van der Waals surface area (Å²) in [6, 6.07) is 0. The first kappa shape index (κ1) is 18.1. The molecule has 0 atom stereocenters. The van der Waals surface area contributed by atoms with E-state index in [1.54, 1.807) is 0 Å². The summed E-state index contributed by atoms with van der Waals surface area (Å²) in [5.74, 6) is 0. The topological polar surface area (TPSA) is 6.48 Å². The summed E-state index contributed by atoms with van der Waals surface area (Å²) in [5.41, 5.74) is 2.44. The second-order valence-electron chi connectivity index (χ2n) is 5.82. The third-order valence-electron chi connectivity index (χ3n) is 3.80. The first-order valence-corrected chi connectivity index (χ1v) is 9.09. The van der Waals surface area contributed by atoms with Gasteiger partial charge in [-0.2, -0.15) is 11.8 Å². The van der Waals surface area contributed by atoms with Crippen LogP contribution in [-0.4, -0.2) is 44.9 Å². The Morgan fingerprint density at radius 3 is 2.15 bits per heavy atom. The van der Waals surface area contributed by atoms with Crippen LogP contribution >= 0.6 is 36.2 Å². The van der Waals surface area contributed by atoms with Crippen molar-refractivity contribution in [2.24, 2.45) is 0 Å². The van der Waals surface area contributed by atoms with Crippen molar-refractivity contribution >= 4 is 41.9 Å². The largest absolute Gasteiger partial charge is 0.372 e. The Kier molecular flexibility index (Phi) is 6.64. The van der Waals surface area contributed by atoms with E-state index in [0.717, 1.165) is 28.7 Å². The summed E-state index contributed by atoms with van der Waals surface area (Å²) in [6.45, 7) is 9.83. The van der Waals surface area contributed by atoms with Crippen molar-refractivity contribution in [1.29, 1.82) is 0 Å². The average molecular weight is 331 g/mol. The van der Waals surface area contributed by atoms with Crippen molar-refractivity contribution in [3.8, 4) is 0 Å². The van der Waals surface area contributed by atoms with Crippen LogP contribution in [0.15, 0.2) is 0 Å². The number of anilines is 1. The molecule has 2 nitrogen and oxygen atoms in total. The van der Waals surface area contributed by atoms with Crippen LogP contribution in [0.1, 0.15) is 32.8 Å². The van der Waals surface area contributed by atoms with Crippen molar-refractivity contribution in [1.82, 2.24) is 4.90 Å². The average Bonchev–Trinajstić information content (AvgIpc) is 2.40. The zero-order valence-electron chi connectivity index (χ0n) is 13.4. The quantitative estimate of drug-likeness (QED) is 0.650. The summed E-state index contributed by atoms with van der Waals surface area (Å²) in [7, 11) is 4.29. The number of hydrogen-bond acceptors (Lipinski definition) is 5. The molecule has 0 bridgehead atoms. The molecule has 0 aliphatic heterocycles. The van der Waals surface area contributed by atoms with Gasteiger partial charge in [-0.1, -0.05) is 31.4 Å². The van der Waals surface area contributed by atoms with Crippen LogP contribution in [0.5, 0.6) is 0 Å². The van der Waals surface area contributed by atoms with Crippen molar-refractivity contribution in [2.45, 2.75) is 31.9 Å². The Balaban J connectivity index is 2.85. The van der Waals surface area contributed by atoms with Gasteiger partial charge in [0.05, 0.1) is 14.7 Å². The third kappa shape index (κ3) is 3.81. The van der Waals surface area contributed by atoms with Gasteiger partial charge in [0.2, 0.25) is 0 Å². The Hall–Kier alpha value is 0.0300. The van der Waals surface area contributed by atoms with E-state index >= 15 is 0 Å². The van der Waals surface area contributed by atoms with E-state index in [1.165, 1.54) is 17.7 Å². The molecule has 0 spiro atoms. The molecule has 1 aromatic rings. The molecule has 5 heteroatoms. The van der Waals surface area contributed by atoms with Gasteiger partial charge in [-0.05, 0) is 40.1 Å². The lowest BCUT2D eigenvalue weighted by Crippen LogP contribution is -2.34. The molecule has 0 heterocycles. The van der Waals surface area contributed by atoms with Gasteiger partial charge < -0.3 is 9.80 Å². The second-order valence-corrected chi connectivity index (χ2v) is 8.07. The van der Waals surface area contributed by atoms with E-state index in [1.807, 2.05) is 11.8 Å². The van der Waals surface area contributed by atoms with Crippen molar-refractivity contribution in [3.63, 3.8) is 0 Å². The SMILES string of the molecule is CCCN(C)CCN(C)c1c(C(C)(C)SC)c(=S)c1=S. The minimum atomic E-state index is 0.0400. The van der Waals surface area contributed by atoms with Crippen LogP contribution in [0.3, 0.4) is 0 Å². The predicted molar refractivity (Wildman–Crippen MR) is 98.1 cm³/mol. The number of likely N-dealkylation sites (N-methyl/N-ethyl adjacent to an activating group) is 2. The molecule has 1 rings (SSSR count). The van der Waals surface area contributed by atoms with Gasteiger partial charge in [-0.3, -0.25) is 0 Å². The van der Waals surface area contributed by atoms with E-state index < -0.39 is 0 Å². The molecule has 0 N–H and O–H groups in total. The fourth-order valence-corrected chi connectivity index (χ4v) is 3.61. The number of nitrogens with zero attached hydrogens (tertiary/aromatic N) is 2. The molecule has 0 saturated carbocycles. The molecule has 0 radical (unpaired) electrons. The van der Waals surface area contributed by atoms with Gasteiger partial charge in [0, 0.05) is 30.4 Å². The van der Waals surface area contributed by atoms with Crippen LogP contribution in [0, 0.1) is 9.02 Å². The fourth-order valence-electron chi connectivity index (χ4n) is 2.33. The maximum absolute atomic E-state index is 5.47. The maximum atomic E-state index is 5.47. The number of rotatable bonds is 8. The smallest absolute Gasteiger partial charge is 0.0799 e. The zero-order chi connectivity index (χ0) is 15.5. The van der Waals surface area contributed by atoms with Crippen LogP contribution in [-0.2, 0) is 4.75 Å². The lowest BCUT2D eigenvalue weighted by Gasteiger charge is -2.34. The van der Waals surface area contributed by atoms with E-state index in [0.29, 0.717) is 0 Å². The Morgan fingerprint density at radius 2 is 1.65 bits per heavy atom. The normalized spacial score (nSPS) is 12.3. The van der Waals surface area contributed by atoms with Gasteiger partial charge in [-0.15, -0.1) is 0 Å². The monoisotopic (exact) mass is 330 g/mol. The lowest BCUT2D eigenvalue weighted by molar-refractivity contribution is 0.342. The number of hydrogen-bond donors (Lipinski definition) is 0. The molecule has 0 saturated heterocycles. The number of thioether (sulfide) groups is 1. The molecule has 20 heavy (non-hydrogen) atoms. The molecule has 0 fully saturated rings. The predicted octanol–water partition coefficient (Wildman–Crippen LogP) is 4.40. The third-order valence-corrected chi connectivity index (χ3v) is 5.96. The van der Waals surface area contributed by atoms with Gasteiger partial charge in [0.1, 0.15) is 0 Å². The maximum Gasteiger partial charge on any atom is 0.0799 e. The van der Waals surface area contributed by atoms with E-state index in [2.05, 4.69) is 50.9 Å².